The van der Waals surface area contributed by atoms with E-state index < -0.39 is 0 Å². The molecule has 118 valence electrons. The molecule has 1 heterocycles. The highest BCUT2D eigenvalue weighted by Crippen LogP contribution is 2.30. The van der Waals surface area contributed by atoms with Crippen LogP contribution in [-0.4, -0.2) is 50.1 Å². The summed E-state index contributed by atoms with van der Waals surface area (Å²) in [6, 6.07) is 1.57. The van der Waals surface area contributed by atoms with E-state index in [2.05, 4.69) is 10.6 Å². The Balaban J connectivity index is 1.90. The van der Waals surface area contributed by atoms with Gasteiger partial charge in [-0.2, -0.15) is 0 Å². The first-order valence-corrected chi connectivity index (χ1v) is 8.44. The molecule has 1 aliphatic carbocycles. The predicted molar refractivity (Wildman–Crippen MR) is 81.9 cm³/mol. The van der Waals surface area contributed by atoms with E-state index in [1.807, 2.05) is 0 Å². The summed E-state index contributed by atoms with van der Waals surface area (Å²) in [5.74, 6) is 0.752. The molecule has 1 aliphatic heterocycles. The van der Waals surface area contributed by atoms with E-state index in [4.69, 9.17) is 4.74 Å². The molecule has 4 heteroatoms. The van der Waals surface area contributed by atoms with Crippen molar-refractivity contribution in [1.29, 1.82) is 0 Å². The Kier molecular flexibility index (Phi) is 7.28. The number of hydrogen-bond donors (Lipinski definition) is 3. The van der Waals surface area contributed by atoms with Gasteiger partial charge in [0, 0.05) is 31.8 Å². The van der Waals surface area contributed by atoms with Gasteiger partial charge < -0.3 is 20.5 Å². The Morgan fingerprint density at radius 1 is 1.20 bits per heavy atom. The number of aliphatic hydroxyl groups is 1. The third-order valence-corrected chi connectivity index (χ3v) is 4.98. The smallest absolute Gasteiger partial charge is 0.0616 e. The molecular formula is C16H32N2O2. The molecule has 4 nitrogen and oxygen atoms in total. The van der Waals surface area contributed by atoms with Crippen molar-refractivity contribution in [1.82, 2.24) is 10.6 Å². The minimum absolute atomic E-state index is 0.236. The van der Waals surface area contributed by atoms with Crippen LogP contribution in [0, 0.1) is 5.92 Å². The van der Waals surface area contributed by atoms with Gasteiger partial charge in [-0.15, -0.1) is 0 Å². The van der Waals surface area contributed by atoms with Gasteiger partial charge >= 0.3 is 0 Å². The van der Waals surface area contributed by atoms with Crippen LogP contribution in [0.3, 0.4) is 0 Å². The molecule has 4 atom stereocenters. The molecule has 0 bridgehead atoms. The fourth-order valence-electron chi connectivity index (χ4n) is 3.97. The first kappa shape index (κ1) is 16.2. The van der Waals surface area contributed by atoms with Crippen LogP contribution in [0.25, 0.3) is 0 Å². The van der Waals surface area contributed by atoms with Crippen molar-refractivity contribution in [2.45, 2.75) is 69.5 Å². The van der Waals surface area contributed by atoms with Crippen molar-refractivity contribution in [2.24, 2.45) is 5.92 Å². The van der Waals surface area contributed by atoms with Gasteiger partial charge in [0.1, 0.15) is 0 Å². The molecule has 1 saturated heterocycles. The van der Waals surface area contributed by atoms with Crippen molar-refractivity contribution >= 4 is 0 Å². The maximum Gasteiger partial charge on any atom is 0.0616 e. The number of hydrogen-bond acceptors (Lipinski definition) is 4. The number of rotatable bonds is 7. The van der Waals surface area contributed by atoms with Crippen molar-refractivity contribution in [2.75, 3.05) is 26.9 Å². The molecule has 0 spiro atoms. The summed E-state index contributed by atoms with van der Waals surface area (Å²) >= 11 is 0. The van der Waals surface area contributed by atoms with E-state index in [1.54, 1.807) is 7.11 Å². The third-order valence-electron chi connectivity index (χ3n) is 4.98. The summed E-state index contributed by atoms with van der Waals surface area (Å²) in [5.41, 5.74) is 0. The molecule has 0 aromatic rings. The summed E-state index contributed by atoms with van der Waals surface area (Å²) in [5, 5.41) is 16.7. The normalized spacial score (nSPS) is 33.0. The fourth-order valence-corrected chi connectivity index (χ4v) is 3.97. The topological polar surface area (TPSA) is 53.5 Å². The molecule has 1 saturated carbocycles. The van der Waals surface area contributed by atoms with Gasteiger partial charge in [0.15, 0.2) is 0 Å². The van der Waals surface area contributed by atoms with E-state index in [9.17, 15) is 5.11 Å². The van der Waals surface area contributed by atoms with Crippen LogP contribution in [0.15, 0.2) is 0 Å². The zero-order chi connectivity index (χ0) is 14.2. The third kappa shape index (κ3) is 4.69. The molecule has 2 aliphatic rings. The molecule has 4 unspecified atom stereocenters. The van der Waals surface area contributed by atoms with Crippen LogP contribution in [0.2, 0.25) is 0 Å². The highest BCUT2D eigenvalue weighted by molar-refractivity contribution is 4.92. The molecule has 2 fully saturated rings. The monoisotopic (exact) mass is 284 g/mol. The van der Waals surface area contributed by atoms with Crippen molar-refractivity contribution in [3.8, 4) is 0 Å². The largest absolute Gasteiger partial charge is 0.396 e. The molecular weight excluding hydrogens is 252 g/mol. The minimum Gasteiger partial charge on any atom is -0.396 e. The highest BCUT2D eigenvalue weighted by Gasteiger charge is 2.33. The zero-order valence-electron chi connectivity index (χ0n) is 12.9. The number of aliphatic hydroxyl groups excluding tert-OH is 1. The van der Waals surface area contributed by atoms with Gasteiger partial charge in [0.05, 0.1) is 6.61 Å². The van der Waals surface area contributed by atoms with Crippen LogP contribution in [0.5, 0.6) is 0 Å². The van der Waals surface area contributed by atoms with E-state index in [0.717, 1.165) is 12.3 Å². The lowest BCUT2D eigenvalue weighted by Crippen LogP contribution is -2.53. The highest BCUT2D eigenvalue weighted by atomic mass is 16.5. The molecule has 2 rings (SSSR count). The molecule has 20 heavy (non-hydrogen) atoms. The molecule has 0 amide bonds. The summed E-state index contributed by atoms with van der Waals surface area (Å²) in [6.07, 6.45) is 10.1. The number of methoxy groups -OCH3 is 1. The average Bonchev–Trinajstić information content (AvgIpc) is 2.49. The van der Waals surface area contributed by atoms with Crippen LogP contribution in [0.4, 0.5) is 0 Å². The SMILES string of the molecule is COCC(CCO)NC1CCCCC1C1CCCCN1. The van der Waals surface area contributed by atoms with Crippen LogP contribution in [0.1, 0.15) is 51.4 Å². The standard InChI is InChI=1S/C16H32N2O2/c1-20-12-13(9-11-19)18-16-8-3-2-6-14(16)15-7-4-5-10-17-15/h13-19H,2-12H2,1H3. The lowest BCUT2D eigenvalue weighted by atomic mass is 9.77. The van der Waals surface area contributed by atoms with Gasteiger partial charge in [-0.1, -0.05) is 19.3 Å². The zero-order valence-corrected chi connectivity index (χ0v) is 12.9. The Hall–Kier alpha value is -0.160. The Morgan fingerprint density at radius 2 is 2.00 bits per heavy atom. The maximum absolute atomic E-state index is 9.20. The minimum atomic E-state index is 0.236. The first-order valence-electron chi connectivity index (χ1n) is 8.44. The predicted octanol–water partition coefficient (Wildman–Crippen LogP) is 1.67. The van der Waals surface area contributed by atoms with Gasteiger partial charge in [-0.3, -0.25) is 0 Å². The molecule has 0 radical (unpaired) electrons. The second kappa shape index (κ2) is 8.98. The van der Waals surface area contributed by atoms with E-state index in [1.165, 1.54) is 51.5 Å². The van der Waals surface area contributed by atoms with Crippen LogP contribution < -0.4 is 10.6 Å². The summed E-state index contributed by atoms with van der Waals surface area (Å²) in [6.45, 7) is 2.12. The van der Waals surface area contributed by atoms with Gasteiger partial charge in [0.25, 0.3) is 0 Å². The summed E-state index contributed by atoms with van der Waals surface area (Å²) in [4.78, 5) is 0. The van der Waals surface area contributed by atoms with Crippen molar-refractivity contribution < 1.29 is 9.84 Å². The number of ether oxygens (including phenoxy) is 1. The second-order valence-corrected chi connectivity index (χ2v) is 6.44. The Morgan fingerprint density at radius 3 is 2.70 bits per heavy atom. The molecule has 0 aromatic heterocycles. The quantitative estimate of drug-likeness (QED) is 0.666. The van der Waals surface area contributed by atoms with E-state index in [-0.39, 0.29) is 6.61 Å². The van der Waals surface area contributed by atoms with Crippen LogP contribution in [-0.2, 0) is 4.74 Å². The van der Waals surface area contributed by atoms with Gasteiger partial charge in [0.2, 0.25) is 0 Å². The number of piperidine rings is 1. The molecule has 0 aromatic carbocycles. The summed E-state index contributed by atoms with van der Waals surface area (Å²) in [7, 11) is 1.74. The van der Waals surface area contributed by atoms with Gasteiger partial charge in [-0.25, -0.2) is 0 Å². The van der Waals surface area contributed by atoms with Crippen molar-refractivity contribution in [3.63, 3.8) is 0 Å². The second-order valence-electron chi connectivity index (χ2n) is 6.44. The van der Waals surface area contributed by atoms with Crippen molar-refractivity contribution in [3.05, 3.63) is 0 Å². The van der Waals surface area contributed by atoms with E-state index >= 15 is 0 Å². The lowest BCUT2D eigenvalue weighted by Gasteiger charge is -2.41. The lowest BCUT2D eigenvalue weighted by molar-refractivity contribution is 0.115. The van der Waals surface area contributed by atoms with Crippen LogP contribution >= 0.6 is 0 Å². The first-order chi connectivity index (χ1) is 9.85. The van der Waals surface area contributed by atoms with Gasteiger partial charge in [-0.05, 0) is 44.6 Å². The fraction of sp³-hybridized carbons (Fsp3) is 1.00. The maximum atomic E-state index is 9.20. The average molecular weight is 284 g/mol. The Bertz CT molecular complexity index is 251. The Labute approximate surface area is 123 Å². The molecule has 3 N–H and O–H groups in total. The van der Waals surface area contributed by atoms with E-state index in [0.29, 0.717) is 24.7 Å². The number of nitrogens with one attached hydrogen (secondary N) is 2. The summed E-state index contributed by atoms with van der Waals surface area (Å²) < 4.78 is 5.29.